The number of rotatable bonds is 4. The molecule has 0 saturated heterocycles. The van der Waals surface area contributed by atoms with Crippen LogP contribution in [0.15, 0.2) is 30.3 Å². The van der Waals surface area contributed by atoms with Crippen LogP contribution in [0, 0.1) is 5.82 Å². The van der Waals surface area contributed by atoms with Gasteiger partial charge >= 0.3 is 0 Å². The molecule has 0 atom stereocenters. The molecule has 0 aliphatic rings. The second-order valence-electron chi connectivity index (χ2n) is 3.91. The van der Waals surface area contributed by atoms with E-state index in [0.29, 0.717) is 18.1 Å². The molecule has 2 rings (SSSR count). The predicted octanol–water partition coefficient (Wildman–Crippen LogP) is 2.95. The quantitative estimate of drug-likeness (QED) is 0.910. The summed E-state index contributed by atoms with van der Waals surface area (Å²) in [5.41, 5.74) is 0.461. The van der Waals surface area contributed by atoms with Crippen LogP contribution >= 0.6 is 11.6 Å². The fourth-order valence-corrected chi connectivity index (χ4v) is 1.72. The number of carbonyl (C=O) groups excluding carboxylic acids is 1. The normalized spacial score (nSPS) is 10.2. The molecule has 0 spiro atoms. The monoisotopic (exact) mass is 294 g/mol. The van der Waals surface area contributed by atoms with Crippen molar-refractivity contribution in [1.82, 2.24) is 10.2 Å². The summed E-state index contributed by atoms with van der Waals surface area (Å²) in [6.45, 7) is 2.64. The highest BCUT2D eigenvalue weighted by Crippen LogP contribution is 2.22. The average molecular weight is 295 g/mol. The third kappa shape index (κ3) is 3.42. The van der Waals surface area contributed by atoms with E-state index >= 15 is 0 Å². The van der Waals surface area contributed by atoms with Crippen LogP contribution in [0.4, 0.5) is 15.9 Å². The number of hydrogen-bond donors (Lipinski definition) is 2. The van der Waals surface area contributed by atoms with E-state index in [-0.39, 0.29) is 10.7 Å². The highest BCUT2D eigenvalue weighted by molar-refractivity contribution is 6.33. The van der Waals surface area contributed by atoms with E-state index in [0.717, 1.165) is 6.07 Å². The Bertz CT molecular complexity index is 618. The molecule has 0 fully saturated rings. The van der Waals surface area contributed by atoms with E-state index in [1.807, 2.05) is 6.92 Å². The SMILES string of the molecule is CCNc1ccc(C(=O)Nc2ccc(F)cc2Cl)nn1. The van der Waals surface area contributed by atoms with Crippen LogP contribution in [-0.2, 0) is 0 Å². The smallest absolute Gasteiger partial charge is 0.276 e. The van der Waals surface area contributed by atoms with Crippen molar-refractivity contribution in [3.63, 3.8) is 0 Å². The zero-order valence-corrected chi connectivity index (χ0v) is 11.4. The summed E-state index contributed by atoms with van der Waals surface area (Å²) in [4.78, 5) is 11.9. The molecule has 0 unspecified atom stereocenters. The van der Waals surface area contributed by atoms with Crippen LogP contribution in [-0.4, -0.2) is 22.6 Å². The molecule has 1 aromatic carbocycles. The van der Waals surface area contributed by atoms with Gasteiger partial charge in [-0.25, -0.2) is 4.39 Å². The van der Waals surface area contributed by atoms with Gasteiger partial charge in [-0.1, -0.05) is 11.6 Å². The fraction of sp³-hybridized carbons (Fsp3) is 0.154. The van der Waals surface area contributed by atoms with Crippen molar-refractivity contribution in [2.24, 2.45) is 0 Å². The van der Waals surface area contributed by atoms with Crippen LogP contribution in [0.5, 0.6) is 0 Å². The molecule has 2 aromatic rings. The third-order valence-corrected chi connectivity index (χ3v) is 2.75. The molecule has 0 bridgehead atoms. The van der Waals surface area contributed by atoms with Gasteiger partial charge in [0, 0.05) is 6.54 Å². The number of hydrogen-bond acceptors (Lipinski definition) is 4. The van der Waals surface area contributed by atoms with E-state index in [1.54, 1.807) is 6.07 Å². The number of nitrogens with zero attached hydrogens (tertiary/aromatic N) is 2. The van der Waals surface area contributed by atoms with Gasteiger partial charge in [0.1, 0.15) is 11.6 Å². The van der Waals surface area contributed by atoms with Crippen molar-refractivity contribution < 1.29 is 9.18 Å². The van der Waals surface area contributed by atoms with Gasteiger partial charge in [0.15, 0.2) is 5.69 Å². The van der Waals surface area contributed by atoms with Gasteiger partial charge in [-0.05, 0) is 37.3 Å². The van der Waals surface area contributed by atoms with E-state index in [9.17, 15) is 9.18 Å². The standard InChI is InChI=1S/C13H12ClFN4O/c1-2-16-12-6-5-11(18-19-12)13(20)17-10-4-3-8(15)7-9(10)14/h3-7H,2H2,1H3,(H,16,19)(H,17,20). The number of amides is 1. The molecule has 5 nitrogen and oxygen atoms in total. The number of carbonyl (C=O) groups is 1. The molecule has 1 amide bonds. The molecule has 1 heterocycles. The Labute approximate surface area is 120 Å². The summed E-state index contributed by atoms with van der Waals surface area (Å²) in [5, 5.41) is 13.3. The first kappa shape index (κ1) is 14.2. The number of benzene rings is 1. The Morgan fingerprint density at radius 1 is 1.30 bits per heavy atom. The number of anilines is 2. The van der Waals surface area contributed by atoms with Crippen molar-refractivity contribution in [2.75, 3.05) is 17.2 Å². The molecule has 0 radical (unpaired) electrons. The van der Waals surface area contributed by atoms with Crippen LogP contribution in [0.3, 0.4) is 0 Å². The van der Waals surface area contributed by atoms with Crippen molar-refractivity contribution in [2.45, 2.75) is 6.92 Å². The molecule has 0 saturated carbocycles. The lowest BCUT2D eigenvalue weighted by molar-refractivity contribution is 0.102. The number of halogens is 2. The minimum Gasteiger partial charge on any atom is -0.369 e. The molecule has 0 aliphatic heterocycles. The zero-order valence-electron chi connectivity index (χ0n) is 10.7. The van der Waals surface area contributed by atoms with Crippen molar-refractivity contribution in [3.05, 3.63) is 46.9 Å². The minimum absolute atomic E-state index is 0.121. The van der Waals surface area contributed by atoms with E-state index in [1.165, 1.54) is 18.2 Å². The first-order valence-electron chi connectivity index (χ1n) is 5.94. The second-order valence-corrected chi connectivity index (χ2v) is 4.32. The average Bonchev–Trinajstić information content (AvgIpc) is 2.43. The summed E-state index contributed by atoms with van der Waals surface area (Å²) in [7, 11) is 0. The summed E-state index contributed by atoms with van der Waals surface area (Å²) >= 11 is 5.83. The predicted molar refractivity (Wildman–Crippen MR) is 75.6 cm³/mol. The van der Waals surface area contributed by atoms with Crippen LogP contribution < -0.4 is 10.6 Å². The summed E-state index contributed by atoms with van der Waals surface area (Å²) in [6, 6.07) is 6.91. The Hall–Kier alpha value is -2.21. The van der Waals surface area contributed by atoms with E-state index in [2.05, 4.69) is 20.8 Å². The highest BCUT2D eigenvalue weighted by atomic mass is 35.5. The summed E-state index contributed by atoms with van der Waals surface area (Å²) in [6.07, 6.45) is 0. The highest BCUT2D eigenvalue weighted by Gasteiger charge is 2.11. The van der Waals surface area contributed by atoms with Crippen LogP contribution in [0.2, 0.25) is 5.02 Å². The van der Waals surface area contributed by atoms with Gasteiger partial charge in [-0.15, -0.1) is 10.2 Å². The van der Waals surface area contributed by atoms with Crippen LogP contribution in [0.1, 0.15) is 17.4 Å². The van der Waals surface area contributed by atoms with Gasteiger partial charge in [0.25, 0.3) is 5.91 Å². The molecule has 1 aromatic heterocycles. The largest absolute Gasteiger partial charge is 0.369 e. The van der Waals surface area contributed by atoms with Gasteiger partial charge in [0.05, 0.1) is 10.7 Å². The molecular weight excluding hydrogens is 283 g/mol. The number of nitrogens with one attached hydrogen (secondary N) is 2. The zero-order chi connectivity index (χ0) is 14.5. The van der Waals surface area contributed by atoms with Gasteiger partial charge < -0.3 is 10.6 Å². The van der Waals surface area contributed by atoms with Crippen molar-refractivity contribution in [3.8, 4) is 0 Å². The molecule has 2 N–H and O–H groups in total. The molecule has 104 valence electrons. The van der Waals surface area contributed by atoms with Crippen molar-refractivity contribution in [1.29, 1.82) is 0 Å². The number of aromatic nitrogens is 2. The molecule has 7 heteroatoms. The minimum atomic E-state index is -0.470. The van der Waals surface area contributed by atoms with E-state index < -0.39 is 11.7 Å². The molecule has 0 aliphatic carbocycles. The Morgan fingerprint density at radius 3 is 2.70 bits per heavy atom. The van der Waals surface area contributed by atoms with Gasteiger partial charge in [-0.3, -0.25) is 4.79 Å². The van der Waals surface area contributed by atoms with E-state index in [4.69, 9.17) is 11.6 Å². The first-order chi connectivity index (χ1) is 9.60. The second kappa shape index (κ2) is 6.29. The van der Waals surface area contributed by atoms with Crippen LogP contribution in [0.25, 0.3) is 0 Å². The first-order valence-corrected chi connectivity index (χ1v) is 6.32. The summed E-state index contributed by atoms with van der Waals surface area (Å²) in [5.74, 6) is -0.347. The topological polar surface area (TPSA) is 66.9 Å². The molecule has 20 heavy (non-hydrogen) atoms. The lowest BCUT2D eigenvalue weighted by Gasteiger charge is -2.07. The molecular formula is C13H12ClFN4O. The maximum absolute atomic E-state index is 12.9. The Morgan fingerprint density at radius 2 is 2.10 bits per heavy atom. The lowest BCUT2D eigenvalue weighted by Crippen LogP contribution is -2.15. The maximum Gasteiger partial charge on any atom is 0.276 e. The lowest BCUT2D eigenvalue weighted by atomic mass is 10.3. The Kier molecular flexibility index (Phi) is 4.47. The Balaban J connectivity index is 2.11. The maximum atomic E-state index is 12.9. The van der Waals surface area contributed by atoms with Gasteiger partial charge in [0.2, 0.25) is 0 Å². The van der Waals surface area contributed by atoms with Crippen molar-refractivity contribution >= 4 is 29.0 Å². The van der Waals surface area contributed by atoms with Gasteiger partial charge in [-0.2, -0.15) is 0 Å². The fourth-order valence-electron chi connectivity index (χ4n) is 1.51. The summed E-state index contributed by atoms with van der Waals surface area (Å²) < 4.78 is 12.9. The third-order valence-electron chi connectivity index (χ3n) is 2.43.